The van der Waals surface area contributed by atoms with Crippen molar-refractivity contribution in [2.75, 3.05) is 9.80 Å². The molecule has 1 aliphatic heterocycles. The number of nitrogens with zero attached hydrogens (tertiary/aromatic N) is 2. The van der Waals surface area contributed by atoms with Gasteiger partial charge < -0.3 is 9.80 Å². The topological polar surface area (TPSA) is 6.48 Å². The van der Waals surface area contributed by atoms with Gasteiger partial charge in [0.2, 0.25) is 0 Å². The fraction of sp³-hybridized carbons (Fsp3) is 0.0145. The molecule has 0 atom stereocenters. The molecule has 0 amide bonds. The number of hydrogen-bond acceptors (Lipinski definition) is 2. The van der Waals surface area contributed by atoms with Gasteiger partial charge in [0.15, 0.2) is 0 Å². The smallest absolute Gasteiger partial charge is 0.0755 e. The molecule has 1 aliphatic carbocycles. The molecule has 0 saturated carbocycles. The number of benzene rings is 12. The minimum absolute atomic E-state index is 0.662. The van der Waals surface area contributed by atoms with Gasteiger partial charge in [-0.3, -0.25) is 0 Å². The van der Waals surface area contributed by atoms with E-state index >= 15 is 0 Å². The molecule has 1 heterocycles. The summed E-state index contributed by atoms with van der Waals surface area (Å²) in [5.41, 5.74) is 21.0. The van der Waals surface area contributed by atoms with E-state index in [1.54, 1.807) is 0 Å². The number of anilines is 6. The predicted molar refractivity (Wildman–Crippen MR) is 298 cm³/mol. The predicted octanol–water partition coefficient (Wildman–Crippen LogP) is 18.6. The van der Waals surface area contributed by atoms with Gasteiger partial charge in [-0.2, -0.15) is 0 Å². The van der Waals surface area contributed by atoms with Crippen LogP contribution in [-0.4, -0.2) is 0 Å². The Morgan fingerprint density at radius 2 is 0.690 bits per heavy atom. The third-order valence-electron chi connectivity index (χ3n) is 15.0. The summed E-state index contributed by atoms with van der Waals surface area (Å²) in [5.74, 6) is 0. The Hall–Kier alpha value is -9.24. The van der Waals surface area contributed by atoms with Crippen LogP contribution in [0.4, 0.5) is 34.1 Å². The molecule has 2 aliphatic rings. The van der Waals surface area contributed by atoms with Gasteiger partial charge >= 0.3 is 0 Å². The van der Waals surface area contributed by atoms with E-state index in [1.165, 1.54) is 99.7 Å². The lowest BCUT2D eigenvalue weighted by Gasteiger charge is -2.45. The zero-order chi connectivity index (χ0) is 46.9. The molecule has 2 nitrogen and oxygen atoms in total. The maximum atomic E-state index is 2.56. The molecule has 0 saturated heterocycles. The van der Waals surface area contributed by atoms with E-state index in [0.29, 0.717) is 0 Å². The maximum absolute atomic E-state index is 2.56. The summed E-state index contributed by atoms with van der Waals surface area (Å²) < 4.78 is 0. The standard InChI is InChI=1S/C69H46N2/c1-4-18-47(19-5-1)49-32-34-50(35-33-49)52-38-43-56(44-39-52)70(55-41-36-51(37-42-55)48-20-6-2-7-21-48)66-46-63-68(59-27-13-12-26-58(59)66)67-57-25-11-10-22-53(57)40-45-62(67)69(63)60-28-14-16-30-64(60)71(54-23-8-3-9-24-54)65-31-17-15-29-61(65)69/h1-46H. The molecular formula is C69H46N2. The van der Waals surface area contributed by atoms with Crippen molar-refractivity contribution >= 4 is 55.7 Å². The second-order valence-corrected chi connectivity index (χ2v) is 18.8. The summed E-state index contributed by atoms with van der Waals surface area (Å²) in [6.45, 7) is 0. The van der Waals surface area contributed by atoms with Crippen LogP contribution in [0.25, 0.3) is 66.1 Å². The van der Waals surface area contributed by atoms with Crippen molar-refractivity contribution in [3.05, 3.63) is 301 Å². The number of hydrogen-bond donors (Lipinski definition) is 0. The number of rotatable bonds is 7. The molecule has 12 aromatic carbocycles. The first kappa shape index (κ1) is 40.8. The minimum atomic E-state index is -0.662. The molecule has 71 heavy (non-hydrogen) atoms. The molecule has 0 N–H and O–H groups in total. The zero-order valence-corrected chi connectivity index (χ0v) is 39.0. The first-order chi connectivity index (χ1) is 35.2. The highest BCUT2D eigenvalue weighted by atomic mass is 15.2. The Balaban J connectivity index is 1.04. The minimum Gasteiger partial charge on any atom is -0.310 e. The SMILES string of the molecule is c1ccc(-c2ccc(-c3ccc(N(c4ccc(-c5ccccc5)cc4)c4cc5c(c6ccccc46)-c4c(ccc6ccccc46)C54c5ccccc5N(c5ccccc5)c5ccccc54)cc3)cc2)cc1. The van der Waals surface area contributed by atoms with Crippen molar-refractivity contribution in [2.45, 2.75) is 5.41 Å². The maximum Gasteiger partial charge on any atom is 0.0755 e. The lowest BCUT2D eigenvalue weighted by atomic mass is 9.64. The Morgan fingerprint density at radius 3 is 1.24 bits per heavy atom. The van der Waals surface area contributed by atoms with Gasteiger partial charge in [0.05, 0.1) is 22.5 Å². The lowest BCUT2D eigenvalue weighted by Crippen LogP contribution is -2.36. The molecule has 0 bridgehead atoms. The highest BCUT2D eigenvalue weighted by Crippen LogP contribution is 2.66. The van der Waals surface area contributed by atoms with Crippen molar-refractivity contribution in [1.29, 1.82) is 0 Å². The van der Waals surface area contributed by atoms with Gasteiger partial charge in [-0.25, -0.2) is 0 Å². The first-order valence-electron chi connectivity index (χ1n) is 24.6. The first-order valence-corrected chi connectivity index (χ1v) is 24.6. The van der Waals surface area contributed by atoms with E-state index in [9.17, 15) is 0 Å². The van der Waals surface area contributed by atoms with Crippen molar-refractivity contribution in [1.82, 2.24) is 0 Å². The Bertz CT molecular complexity index is 3910. The zero-order valence-electron chi connectivity index (χ0n) is 39.0. The molecular weight excluding hydrogens is 857 g/mol. The summed E-state index contributed by atoms with van der Waals surface area (Å²) >= 11 is 0. The third kappa shape index (κ3) is 6.35. The molecule has 332 valence electrons. The van der Waals surface area contributed by atoms with Crippen LogP contribution in [0.15, 0.2) is 279 Å². The van der Waals surface area contributed by atoms with Crippen LogP contribution < -0.4 is 9.80 Å². The quantitative estimate of drug-likeness (QED) is 0.157. The molecule has 0 radical (unpaired) electrons. The normalized spacial score (nSPS) is 12.9. The van der Waals surface area contributed by atoms with E-state index in [-0.39, 0.29) is 0 Å². The van der Waals surface area contributed by atoms with Crippen molar-refractivity contribution in [3.63, 3.8) is 0 Å². The van der Waals surface area contributed by atoms with Gasteiger partial charge in [-0.1, -0.05) is 224 Å². The van der Waals surface area contributed by atoms with Crippen LogP contribution in [0.2, 0.25) is 0 Å². The van der Waals surface area contributed by atoms with Gasteiger partial charge in [-0.15, -0.1) is 0 Å². The van der Waals surface area contributed by atoms with Crippen LogP contribution >= 0.6 is 0 Å². The van der Waals surface area contributed by atoms with Gasteiger partial charge in [0.25, 0.3) is 0 Å². The molecule has 1 spiro atoms. The van der Waals surface area contributed by atoms with Crippen LogP contribution in [0.5, 0.6) is 0 Å². The molecule has 0 unspecified atom stereocenters. The second kappa shape index (κ2) is 16.5. The van der Waals surface area contributed by atoms with E-state index in [2.05, 4.69) is 289 Å². The van der Waals surface area contributed by atoms with E-state index < -0.39 is 5.41 Å². The van der Waals surface area contributed by atoms with E-state index in [1.807, 2.05) is 0 Å². The fourth-order valence-corrected chi connectivity index (χ4v) is 11.9. The lowest BCUT2D eigenvalue weighted by molar-refractivity contribution is 0.753. The summed E-state index contributed by atoms with van der Waals surface area (Å²) in [6, 6.07) is 103. The summed E-state index contributed by atoms with van der Waals surface area (Å²) in [4.78, 5) is 4.96. The van der Waals surface area contributed by atoms with Crippen LogP contribution in [-0.2, 0) is 5.41 Å². The average Bonchev–Trinajstić information content (AvgIpc) is 3.76. The Morgan fingerprint density at radius 1 is 0.282 bits per heavy atom. The molecule has 14 rings (SSSR count). The van der Waals surface area contributed by atoms with Crippen LogP contribution in [0.1, 0.15) is 22.3 Å². The molecule has 2 heteroatoms. The summed E-state index contributed by atoms with van der Waals surface area (Å²) in [5, 5.41) is 4.93. The Labute approximate surface area is 414 Å². The highest BCUT2D eigenvalue weighted by Gasteiger charge is 2.53. The van der Waals surface area contributed by atoms with Crippen LogP contribution in [0.3, 0.4) is 0 Å². The third-order valence-corrected chi connectivity index (χ3v) is 15.0. The summed E-state index contributed by atoms with van der Waals surface area (Å²) in [6.07, 6.45) is 0. The van der Waals surface area contributed by atoms with E-state index in [4.69, 9.17) is 0 Å². The number of fused-ring (bicyclic) bond motifs is 13. The monoisotopic (exact) mass is 902 g/mol. The largest absolute Gasteiger partial charge is 0.310 e. The van der Waals surface area contributed by atoms with E-state index in [0.717, 1.165) is 22.7 Å². The van der Waals surface area contributed by atoms with Crippen molar-refractivity contribution in [3.8, 4) is 44.5 Å². The van der Waals surface area contributed by atoms with Gasteiger partial charge in [-0.05, 0) is 138 Å². The number of para-hydroxylation sites is 3. The van der Waals surface area contributed by atoms with Gasteiger partial charge in [0, 0.05) is 22.4 Å². The molecule has 0 fully saturated rings. The average molecular weight is 903 g/mol. The second-order valence-electron chi connectivity index (χ2n) is 18.8. The molecule has 12 aromatic rings. The summed E-state index contributed by atoms with van der Waals surface area (Å²) in [7, 11) is 0. The fourth-order valence-electron chi connectivity index (χ4n) is 11.9. The van der Waals surface area contributed by atoms with Crippen molar-refractivity contribution in [2.24, 2.45) is 0 Å². The van der Waals surface area contributed by atoms with Crippen LogP contribution in [0, 0.1) is 0 Å². The molecule has 0 aromatic heterocycles. The van der Waals surface area contributed by atoms with Crippen molar-refractivity contribution < 1.29 is 0 Å². The van der Waals surface area contributed by atoms with Gasteiger partial charge in [0.1, 0.15) is 0 Å². The Kier molecular flexibility index (Phi) is 9.47. The highest BCUT2D eigenvalue weighted by molar-refractivity contribution is 6.17.